The minimum atomic E-state index is -0.499. The van der Waals surface area contributed by atoms with E-state index in [1.165, 1.54) is 4.57 Å². The summed E-state index contributed by atoms with van der Waals surface area (Å²) in [6.45, 7) is 5.79. The molecule has 172 valence electrons. The molecule has 0 saturated carbocycles. The monoisotopic (exact) mass is 478 g/mol. The van der Waals surface area contributed by atoms with Gasteiger partial charge in [-0.2, -0.15) is 4.98 Å². The first-order chi connectivity index (χ1) is 15.2. The number of hydrogen-bond acceptors (Lipinski definition) is 9. The van der Waals surface area contributed by atoms with E-state index in [4.69, 9.17) is 10.7 Å². The number of aryl methyl sites for hydroxylation is 2. The number of aromatic nitrogens is 6. The van der Waals surface area contributed by atoms with E-state index in [-0.39, 0.29) is 17.7 Å². The number of rotatable bonds is 7. The molecule has 11 nitrogen and oxygen atoms in total. The average molecular weight is 479 g/mol. The Labute approximate surface area is 192 Å². The molecule has 3 aromatic heterocycles. The molecule has 1 aliphatic rings. The van der Waals surface area contributed by atoms with Crippen LogP contribution in [0.2, 0.25) is 0 Å². The summed E-state index contributed by atoms with van der Waals surface area (Å²) < 4.78 is 4.17. The van der Waals surface area contributed by atoms with Crippen LogP contribution in [0.1, 0.15) is 24.8 Å². The summed E-state index contributed by atoms with van der Waals surface area (Å²) in [7, 11) is 1.60. The summed E-state index contributed by atoms with van der Waals surface area (Å²) >= 11 is 3.19. The number of carbonyl (C=O) groups is 1. The number of imidazole rings is 1. The summed E-state index contributed by atoms with van der Waals surface area (Å²) in [5.74, 6) is 1.19. The van der Waals surface area contributed by atoms with Gasteiger partial charge in [-0.25, -0.2) is 4.79 Å². The van der Waals surface area contributed by atoms with E-state index in [1.807, 2.05) is 11.5 Å². The number of nitrogens with one attached hydrogen (secondary N) is 1. The molecule has 13 heteroatoms. The van der Waals surface area contributed by atoms with E-state index in [0.29, 0.717) is 49.6 Å². The molecule has 4 heterocycles. The molecule has 0 aliphatic carbocycles. The van der Waals surface area contributed by atoms with Gasteiger partial charge in [-0.15, -0.1) is 10.2 Å². The number of primary amides is 1. The first-order valence-corrected chi connectivity index (χ1v) is 12.2. The maximum absolute atomic E-state index is 12.7. The van der Waals surface area contributed by atoms with Crippen molar-refractivity contribution in [2.45, 2.75) is 37.6 Å². The Morgan fingerprint density at radius 1 is 1.31 bits per heavy atom. The summed E-state index contributed by atoms with van der Waals surface area (Å²) in [5, 5.41) is 9.13. The Morgan fingerprint density at radius 3 is 2.66 bits per heavy atom. The van der Waals surface area contributed by atoms with Crippen molar-refractivity contribution < 1.29 is 4.79 Å². The fourth-order valence-electron chi connectivity index (χ4n) is 3.92. The maximum atomic E-state index is 12.7. The van der Waals surface area contributed by atoms with Crippen molar-refractivity contribution in [2.24, 2.45) is 24.6 Å². The number of nitrogens with two attached hydrogens (primary N) is 1. The van der Waals surface area contributed by atoms with Crippen LogP contribution in [-0.4, -0.2) is 54.0 Å². The fourth-order valence-corrected chi connectivity index (χ4v) is 5.76. The standard InChI is InChI=1S/C19H26N8O3S2/c1-10(9-31-19-24-23-11(2)32-19)8-27-13-15(25(3)18(30)22-16(13)29)21-17(27)26-6-4-12(5-7-26)14(20)28/h10,12H,4-9H2,1-3H3,(H2,20,28)(H,22,29,30)/t10-/m0/s1. The molecule has 1 atom stereocenters. The molecule has 32 heavy (non-hydrogen) atoms. The number of aromatic amines is 1. The van der Waals surface area contributed by atoms with Gasteiger partial charge in [-0.3, -0.25) is 19.1 Å². The van der Waals surface area contributed by atoms with Crippen LogP contribution in [0.5, 0.6) is 0 Å². The van der Waals surface area contributed by atoms with Crippen LogP contribution in [0.15, 0.2) is 13.9 Å². The third-order valence-electron chi connectivity index (χ3n) is 5.66. The third kappa shape index (κ3) is 4.44. The van der Waals surface area contributed by atoms with Crippen LogP contribution in [0.4, 0.5) is 5.95 Å². The molecule has 0 radical (unpaired) electrons. The Bertz CT molecular complexity index is 1250. The predicted molar refractivity (Wildman–Crippen MR) is 124 cm³/mol. The topological polar surface area (TPSA) is 145 Å². The second kappa shape index (κ2) is 9.06. The fraction of sp³-hybridized carbons (Fsp3) is 0.579. The molecule has 4 rings (SSSR count). The Hall–Kier alpha value is -2.67. The van der Waals surface area contributed by atoms with Crippen LogP contribution in [-0.2, 0) is 18.4 Å². The number of amides is 1. The van der Waals surface area contributed by atoms with Gasteiger partial charge in [0.05, 0.1) is 0 Å². The molecule has 1 saturated heterocycles. The highest BCUT2D eigenvalue weighted by molar-refractivity contribution is 8.01. The molecule has 0 unspecified atom stereocenters. The van der Waals surface area contributed by atoms with Gasteiger partial charge in [-0.1, -0.05) is 30.0 Å². The van der Waals surface area contributed by atoms with Crippen molar-refractivity contribution in [2.75, 3.05) is 23.7 Å². The molecule has 0 spiro atoms. The van der Waals surface area contributed by atoms with Crippen molar-refractivity contribution in [3.05, 3.63) is 25.8 Å². The number of nitrogens with zero attached hydrogens (tertiary/aromatic N) is 6. The van der Waals surface area contributed by atoms with Crippen molar-refractivity contribution in [1.29, 1.82) is 0 Å². The van der Waals surface area contributed by atoms with Gasteiger partial charge in [0.2, 0.25) is 11.9 Å². The zero-order chi connectivity index (χ0) is 23.0. The average Bonchev–Trinajstić information content (AvgIpc) is 3.34. The van der Waals surface area contributed by atoms with Gasteiger partial charge in [0.25, 0.3) is 5.56 Å². The highest BCUT2D eigenvalue weighted by atomic mass is 32.2. The van der Waals surface area contributed by atoms with E-state index < -0.39 is 11.2 Å². The molecule has 1 amide bonds. The Kier molecular flexibility index (Phi) is 6.38. The van der Waals surface area contributed by atoms with Gasteiger partial charge in [-0.05, 0) is 25.7 Å². The van der Waals surface area contributed by atoms with Gasteiger partial charge in [0.15, 0.2) is 15.5 Å². The van der Waals surface area contributed by atoms with Crippen LogP contribution < -0.4 is 21.9 Å². The first kappa shape index (κ1) is 22.5. The number of thioether (sulfide) groups is 1. The largest absolute Gasteiger partial charge is 0.369 e. The second-order valence-electron chi connectivity index (χ2n) is 8.18. The molecule has 0 bridgehead atoms. The zero-order valence-electron chi connectivity index (χ0n) is 18.2. The summed E-state index contributed by atoms with van der Waals surface area (Å²) in [6.07, 6.45) is 1.27. The number of carbonyl (C=O) groups excluding carboxylic acids is 1. The van der Waals surface area contributed by atoms with E-state index >= 15 is 0 Å². The molecule has 1 aliphatic heterocycles. The van der Waals surface area contributed by atoms with E-state index in [1.54, 1.807) is 30.1 Å². The number of fused-ring (bicyclic) bond motifs is 1. The van der Waals surface area contributed by atoms with Crippen LogP contribution in [0.3, 0.4) is 0 Å². The van der Waals surface area contributed by atoms with Gasteiger partial charge < -0.3 is 15.2 Å². The second-order valence-corrected chi connectivity index (χ2v) is 10.6. The highest BCUT2D eigenvalue weighted by Gasteiger charge is 2.28. The lowest BCUT2D eigenvalue weighted by molar-refractivity contribution is -0.122. The summed E-state index contributed by atoms with van der Waals surface area (Å²) in [4.78, 5) is 45.6. The van der Waals surface area contributed by atoms with Gasteiger partial charge in [0, 0.05) is 38.4 Å². The van der Waals surface area contributed by atoms with Crippen molar-refractivity contribution in [3.8, 4) is 0 Å². The quantitative estimate of drug-likeness (QED) is 0.472. The summed E-state index contributed by atoms with van der Waals surface area (Å²) in [5.41, 5.74) is 5.26. The molecule has 1 fully saturated rings. The summed E-state index contributed by atoms with van der Waals surface area (Å²) in [6, 6.07) is 0. The van der Waals surface area contributed by atoms with Gasteiger partial charge >= 0.3 is 5.69 Å². The van der Waals surface area contributed by atoms with Crippen LogP contribution in [0.25, 0.3) is 11.2 Å². The number of anilines is 1. The number of hydrogen-bond donors (Lipinski definition) is 2. The number of piperidine rings is 1. The molecule has 3 N–H and O–H groups in total. The third-order valence-corrected chi connectivity index (χ3v) is 7.96. The van der Waals surface area contributed by atoms with E-state index in [0.717, 1.165) is 15.1 Å². The highest BCUT2D eigenvalue weighted by Crippen LogP contribution is 2.28. The minimum absolute atomic E-state index is 0.150. The van der Waals surface area contributed by atoms with Crippen molar-refractivity contribution in [3.63, 3.8) is 0 Å². The lowest BCUT2D eigenvalue weighted by Gasteiger charge is -2.32. The molecule has 3 aromatic rings. The molecule has 0 aromatic carbocycles. The SMILES string of the molecule is Cc1nnc(SC[C@@H](C)Cn2c(N3CCC(C(N)=O)CC3)nc3c2c(=O)[nH]c(=O)n3C)s1. The zero-order valence-corrected chi connectivity index (χ0v) is 19.8. The maximum Gasteiger partial charge on any atom is 0.329 e. The lowest BCUT2D eigenvalue weighted by Crippen LogP contribution is -2.40. The van der Waals surface area contributed by atoms with Crippen molar-refractivity contribution >= 4 is 46.1 Å². The van der Waals surface area contributed by atoms with E-state index in [2.05, 4.69) is 27.0 Å². The molecular formula is C19H26N8O3S2. The Balaban J connectivity index is 1.65. The molecular weight excluding hydrogens is 452 g/mol. The van der Waals surface area contributed by atoms with Crippen LogP contribution >= 0.6 is 23.1 Å². The Morgan fingerprint density at radius 2 is 2.03 bits per heavy atom. The van der Waals surface area contributed by atoms with Crippen LogP contribution in [0, 0.1) is 18.8 Å². The van der Waals surface area contributed by atoms with E-state index in [9.17, 15) is 14.4 Å². The first-order valence-electron chi connectivity index (χ1n) is 10.4. The normalized spacial score (nSPS) is 16.0. The van der Waals surface area contributed by atoms with Gasteiger partial charge in [0.1, 0.15) is 5.01 Å². The predicted octanol–water partition coefficient (Wildman–Crippen LogP) is 0.713. The lowest BCUT2D eigenvalue weighted by atomic mass is 9.96. The number of H-pyrrole nitrogens is 1. The smallest absolute Gasteiger partial charge is 0.329 e. The minimum Gasteiger partial charge on any atom is -0.369 e. The van der Waals surface area contributed by atoms with Crippen molar-refractivity contribution in [1.82, 2.24) is 29.3 Å².